The maximum absolute atomic E-state index is 3.20. The smallest absolute Gasteiger partial charge is 0.0249 e. The summed E-state index contributed by atoms with van der Waals surface area (Å²) in [4.78, 5) is 0. The minimum Gasteiger partial charge on any atom is -0.0773 e. The molecule has 0 radical (unpaired) electrons. The van der Waals surface area contributed by atoms with Crippen LogP contribution in [0.2, 0.25) is 0 Å². The molecule has 0 atom stereocenters. The molecule has 0 heterocycles. The highest BCUT2D eigenvalue weighted by molar-refractivity contribution is 5.46. The van der Waals surface area contributed by atoms with Gasteiger partial charge in [-0.2, -0.15) is 0 Å². The molecule has 0 unspecified atom stereocenters. The van der Waals surface area contributed by atoms with Crippen molar-refractivity contribution >= 4 is 0 Å². The molecule has 0 nitrogen and oxygen atoms in total. The molecular formula is C16H16. The van der Waals surface area contributed by atoms with E-state index in [0.29, 0.717) is 0 Å². The summed E-state index contributed by atoms with van der Waals surface area (Å²) in [7, 11) is 0. The predicted octanol–water partition coefficient (Wildman–Crippen LogP) is 3.95. The Kier molecular flexibility index (Phi) is 2.97. The Morgan fingerprint density at radius 1 is 1.06 bits per heavy atom. The van der Waals surface area contributed by atoms with Crippen LogP contribution in [-0.2, 0) is 0 Å². The van der Waals surface area contributed by atoms with Gasteiger partial charge in [0, 0.05) is 11.1 Å². The first-order valence-electron chi connectivity index (χ1n) is 5.62. The van der Waals surface area contributed by atoms with Gasteiger partial charge in [0.15, 0.2) is 0 Å². The van der Waals surface area contributed by atoms with Crippen molar-refractivity contribution in [3.63, 3.8) is 0 Å². The van der Waals surface area contributed by atoms with E-state index >= 15 is 0 Å². The molecule has 0 amide bonds. The number of hydrogen-bond acceptors (Lipinski definition) is 0. The Morgan fingerprint density at radius 3 is 2.44 bits per heavy atom. The van der Waals surface area contributed by atoms with E-state index in [9.17, 15) is 0 Å². The normalized spacial score (nSPS) is 17.2. The van der Waals surface area contributed by atoms with Crippen LogP contribution in [0.15, 0.2) is 54.1 Å². The average Bonchev–Trinajstić information content (AvgIpc) is 2.29. The van der Waals surface area contributed by atoms with Gasteiger partial charge in [0.25, 0.3) is 0 Å². The summed E-state index contributed by atoms with van der Waals surface area (Å²) in [5.41, 5.74) is 2.49. The monoisotopic (exact) mass is 208 g/mol. The minimum atomic E-state index is 0.290. The van der Waals surface area contributed by atoms with Crippen LogP contribution in [0.1, 0.15) is 25.8 Å². The van der Waals surface area contributed by atoms with Crippen molar-refractivity contribution in [1.82, 2.24) is 0 Å². The summed E-state index contributed by atoms with van der Waals surface area (Å²) >= 11 is 0. The summed E-state index contributed by atoms with van der Waals surface area (Å²) in [5.74, 6) is 6.37. The average molecular weight is 208 g/mol. The first-order chi connectivity index (χ1) is 7.66. The third kappa shape index (κ3) is 2.87. The van der Waals surface area contributed by atoms with Gasteiger partial charge in [-0.3, -0.25) is 0 Å². The van der Waals surface area contributed by atoms with Crippen LogP contribution in [0.4, 0.5) is 0 Å². The van der Waals surface area contributed by atoms with Crippen LogP contribution < -0.4 is 0 Å². The van der Waals surface area contributed by atoms with E-state index in [1.165, 1.54) is 0 Å². The molecule has 0 spiro atoms. The van der Waals surface area contributed by atoms with E-state index in [-0.39, 0.29) is 5.41 Å². The molecule has 80 valence electrons. The fourth-order valence-corrected chi connectivity index (χ4v) is 1.58. The first-order valence-corrected chi connectivity index (χ1v) is 5.62. The topological polar surface area (TPSA) is 0 Å². The largest absolute Gasteiger partial charge is 0.0773 e. The fraction of sp³-hybridized carbons (Fsp3) is 0.250. The van der Waals surface area contributed by atoms with Crippen molar-refractivity contribution in [2.24, 2.45) is 5.41 Å². The molecule has 0 aliphatic heterocycles. The summed E-state index contributed by atoms with van der Waals surface area (Å²) in [6, 6.07) is 10.1. The lowest BCUT2D eigenvalue weighted by Gasteiger charge is -2.20. The van der Waals surface area contributed by atoms with Crippen molar-refractivity contribution in [1.29, 1.82) is 0 Å². The van der Waals surface area contributed by atoms with Gasteiger partial charge in [-0.05, 0) is 24.0 Å². The second kappa shape index (κ2) is 4.41. The number of allylic oxidation sites excluding steroid dienone is 4. The van der Waals surface area contributed by atoms with E-state index in [2.05, 4.69) is 43.9 Å². The summed E-state index contributed by atoms with van der Waals surface area (Å²) < 4.78 is 0. The van der Waals surface area contributed by atoms with Gasteiger partial charge >= 0.3 is 0 Å². The fourth-order valence-electron chi connectivity index (χ4n) is 1.58. The van der Waals surface area contributed by atoms with Crippen LogP contribution in [-0.4, -0.2) is 0 Å². The molecule has 0 aromatic heterocycles. The summed E-state index contributed by atoms with van der Waals surface area (Å²) in [5, 5.41) is 0. The van der Waals surface area contributed by atoms with Crippen molar-refractivity contribution in [3.8, 4) is 11.8 Å². The number of rotatable bonds is 0. The van der Waals surface area contributed by atoms with Crippen LogP contribution in [0.5, 0.6) is 0 Å². The van der Waals surface area contributed by atoms with Gasteiger partial charge in [0.05, 0.1) is 0 Å². The highest BCUT2D eigenvalue weighted by Crippen LogP contribution is 2.27. The number of hydrogen-bond donors (Lipinski definition) is 0. The standard InChI is InChI=1S/C16H16/c1-16(2)12-10-15(11-13-16)9-8-14-6-4-3-5-7-14/h3-7,10-12H,13H2,1-2H3. The molecule has 0 N–H and O–H groups in total. The Bertz CT molecular complexity index is 476. The van der Waals surface area contributed by atoms with Gasteiger partial charge in [0.2, 0.25) is 0 Å². The number of benzene rings is 1. The molecule has 0 saturated heterocycles. The van der Waals surface area contributed by atoms with Crippen molar-refractivity contribution in [2.75, 3.05) is 0 Å². The lowest BCUT2D eigenvalue weighted by Crippen LogP contribution is -2.08. The minimum absolute atomic E-state index is 0.290. The molecule has 2 rings (SSSR count). The van der Waals surface area contributed by atoms with E-state index < -0.39 is 0 Å². The Labute approximate surface area is 97.7 Å². The van der Waals surface area contributed by atoms with Crippen molar-refractivity contribution in [2.45, 2.75) is 20.3 Å². The van der Waals surface area contributed by atoms with Crippen molar-refractivity contribution in [3.05, 3.63) is 59.7 Å². The molecule has 1 aliphatic carbocycles. The molecule has 1 aromatic rings. The van der Waals surface area contributed by atoms with Crippen LogP contribution >= 0.6 is 0 Å². The highest BCUT2D eigenvalue weighted by Gasteiger charge is 2.14. The van der Waals surface area contributed by atoms with Gasteiger partial charge in [-0.1, -0.05) is 62.1 Å². The summed E-state index contributed by atoms with van der Waals surface area (Å²) in [6.45, 7) is 4.48. The molecule has 16 heavy (non-hydrogen) atoms. The first kappa shape index (κ1) is 10.8. The Hall–Kier alpha value is -1.74. The second-order valence-corrected chi connectivity index (χ2v) is 4.80. The third-order valence-electron chi connectivity index (χ3n) is 2.69. The second-order valence-electron chi connectivity index (χ2n) is 4.80. The van der Waals surface area contributed by atoms with E-state index in [0.717, 1.165) is 17.6 Å². The zero-order chi connectivity index (χ0) is 11.4. The quantitative estimate of drug-likeness (QED) is 0.566. The molecule has 1 aromatic carbocycles. The molecule has 1 aliphatic rings. The highest BCUT2D eigenvalue weighted by atomic mass is 14.2. The lowest BCUT2D eigenvalue weighted by molar-refractivity contribution is 0.483. The maximum Gasteiger partial charge on any atom is 0.0249 e. The van der Waals surface area contributed by atoms with Gasteiger partial charge in [-0.15, -0.1) is 0 Å². The predicted molar refractivity (Wildman–Crippen MR) is 68.9 cm³/mol. The molecule has 0 bridgehead atoms. The Morgan fingerprint density at radius 2 is 1.81 bits per heavy atom. The molecule has 0 fully saturated rings. The van der Waals surface area contributed by atoms with Gasteiger partial charge in [0.1, 0.15) is 0 Å². The van der Waals surface area contributed by atoms with Crippen LogP contribution in [0, 0.1) is 17.3 Å². The van der Waals surface area contributed by atoms with E-state index in [4.69, 9.17) is 0 Å². The Balaban J connectivity index is 2.11. The zero-order valence-corrected chi connectivity index (χ0v) is 9.83. The molecule has 0 saturated carbocycles. The molecule has 0 heteroatoms. The van der Waals surface area contributed by atoms with Crippen LogP contribution in [0.3, 0.4) is 0 Å². The van der Waals surface area contributed by atoms with Gasteiger partial charge in [-0.25, -0.2) is 0 Å². The zero-order valence-electron chi connectivity index (χ0n) is 9.83. The van der Waals surface area contributed by atoms with E-state index in [1.807, 2.05) is 30.3 Å². The van der Waals surface area contributed by atoms with Gasteiger partial charge < -0.3 is 0 Å². The summed E-state index contributed by atoms with van der Waals surface area (Å²) in [6.07, 6.45) is 7.65. The van der Waals surface area contributed by atoms with E-state index in [1.54, 1.807) is 0 Å². The van der Waals surface area contributed by atoms with Crippen LogP contribution in [0.25, 0.3) is 0 Å². The SMILES string of the molecule is CC1(C)C=CC(C#Cc2ccccc2)=CC1. The lowest BCUT2D eigenvalue weighted by atomic mass is 9.84. The van der Waals surface area contributed by atoms with Crippen molar-refractivity contribution < 1.29 is 0 Å². The maximum atomic E-state index is 3.20. The molecular weight excluding hydrogens is 192 g/mol. The third-order valence-corrected chi connectivity index (χ3v) is 2.69.